The van der Waals surface area contributed by atoms with E-state index in [4.69, 9.17) is 0 Å². The third-order valence-corrected chi connectivity index (χ3v) is 3.46. The first kappa shape index (κ1) is 13.2. The van der Waals surface area contributed by atoms with Crippen LogP contribution in [-0.2, 0) is 0 Å². The van der Waals surface area contributed by atoms with Crippen LogP contribution in [0.15, 0.2) is 53.1 Å². The first-order valence-electron chi connectivity index (χ1n) is 6.09. The first-order valence-corrected chi connectivity index (χ1v) is 6.88. The molecule has 0 bridgehead atoms. The molecule has 0 aliphatic carbocycles. The van der Waals surface area contributed by atoms with E-state index in [1.165, 1.54) is 5.56 Å². The number of pyridine rings is 1. The Labute approximate surface area is 117 Å². The molecule has 1 aromatic carbocycles. The normalized spacial score (nSPS) is 14.2. The molecule has 0 fully saturated rings. The number of nitrogens with one attached hydrogen (secondary N) is 1. The smallest absolute Gasteiger partial charge is 0.0571 e. The minimum Gasteiger partial charge on any atom is -0.302 e. The van der Waals surface area contributed by atoms with E-state index in [1.807, 2.05) is 24.4 Å². The van der Waals surface area contributed by atoms with E-state index in [9.17, 15) is 0 Å². The van der Waals surface area contributed by atoms with E-state index in [2.05, 4.69) is 64.3 Å². The topological polar surface area (TPSA) is 24.9 Å². The lowest BCUT2D eigenvalue weighted by Crippen LogP contribution is -2.23. The SMILES string of the molecule is C[C@H](N[C@H](C)c1ccc(Br)cn1)c1ccccc1. The molecule has 0 radical (unpaired) electrons. The van der Waals surface area contributed by atoms with Gasteiger partial charge in [0.05, 0.1) is 5.69 Å². The molecule has 1 heterocycles. The summed E-state index contributed by atoms with van der Waals surface area (Å²) in [5, 5.41) is 3.55. The fourth-order valence-electron chi connectivity index (χ4n) is 1.94. The summed E-state index contributed by atoms with van der Waals surface area (Å²) in [6, 6.07) is 15.0. The van der Waals surface area contributed by atoms with Gasteiger partial charge in [-0.3, -0.25) is 4.98 Å². The van der Waals surface area contributed by atoms with Crippen LogP contribution in [0.25, 0.3) is 0 Å². The summed E-state index contributed by atoms with van der Waals surface area (Å²) in [6.07, 6.45) is 1.83. The van der Waals surface area contributed by atoms with Crippen molar-refractivity contribution in [1.82, 2.24) is 10.3 Å². The maximum Gasteiger partial charge on any atom is 0.0571 e. The molecule has 1 aromatic heterocycles. The fraction of sp³-hybridized carbons (Fsp3) is 0.267. The van der Waals surface area contributed by atoms with Crippen molar-refractivity contribution < 1.29 is 0 Å². The van der Waals surface area contributed by atoms with Gasteiger partial charge in [0.2, 0.25) is 0 Å². The Balaban J connectivity index is 2.03. The summed E-state index contributed by atoms with van der Waals surface area (Å²) in [4.78, 5) is 4.42. The average molecular weight is 305 g/mol. The van der Waals surface area contributed by atoms with E-state index in [-0.39, 0.29) is 6.04 Å². The van der Waals surface area contributed by atoms with E-state index < -0.39 is 0 Å². The van der Waals surface area contributed by atoms with Gasteiger partial charge in [-0.25, -0.2) is 0 Å². The number of hydrogen-bond donors (Lipinski definition) is 1. The summed E-state index contributed by atoms with van der Waals surface area (Å²) in [5.41, 5.74) is 2.35. The fourth-order valence-corrected chi connectivity index (χ4v) is 2.18. The van der Waals surface area contributed by atoms with Gasteiger partial charge in [-0.2, -0.15) is 0 Å². The molecule has 1 N–H and O–H groups in total. The number of hydrogen-bond acceptors (Lipinski definition) is 2. The summed E-state index contributed by atoms with van der Waals surface area (Å²) in [5.74, 6) is 0. The molecule has 2 atom stereocenters. The molecule has 0 aliphatic heterocycles. The number of benzene rings is 1. The standard InChI is InChI=1S/C15H17BrN2/c1-11(13-6-4-3-5-7-13)18-12(2)15-9-8-14(16)10-17-15/h3-12,18H,1-2H3/t11-,12+/m0/s1. The summed E-state index contributed by atoms with van der Waals surface area (Å²) >= 11 is 3.40. The zero-order valence-corrected chi connectivity index (χ0v) is 12.2. The van der Waals surface area contributed by atoms with Crippen molar-refractivity contribution in [3.8, 4) is 0 Å². The predicted molar refractivity (Wildman–Crippen MR) is 78.3 cm³/mol. The molecule has 3 heteroatoms. The minimum atomic E-state index is 0.230. The van der Waals surface area contributed by atoms with Crippen molar-refractivity contribution in [3.05, 3.63) is 64.4 Å². The van der Waals surface area contributed by atoms with Crippen LogP contribution < -0.4 is 5.32 Å². The molecule has 2 nitrogen and oxygen atoms in total. The van der Waals surface area contributed by atoms with Crippen LogP contribution in [0, 0.1) is 0 Å². The van der Waals surface area contributed by atoms with Gasteiger partial charge in [0.1, 0.15) is 0 Å². The first-order chi connectivity index (χ1) is 8.66. The Morgan fingerprint density at radius 3 is 2.33 bits per heavy atom. The van der Waals surface area contributed by atoms with Gasteiger partial charge in [-0.1, -0.05) is 30.3 Å². The Morgan fingerprint density at radius 2 is 1.72 bits per heavy atom. The zero-order valence-electron chi connectivity index (χ0n) is 10.6. The van der Waals surface area contributed by atoms with Crippen molar-refractivity contribution >= 4 is 15.9 Å². The molecule has 0 spiro atoms. The molecule has 18 heavy (non-hydrogen) atoms. The van der Waals surface area contributed by atoms with Gasteiger partial charge in [-0.05, 0) is 47.5 Å². The van der Waals surface area contributed by atoms with Crippen LogP contribution in [-0.4, -0.2) is 4.98 Å². The maximum atomic E-state index is 4.42. The summed E-state index contributed by atoms with van der Waals surface area (Å²) in [6.45, 7) is 4.31. The maximum absolute atomic E-state index is 4.42. The van der Waals surface area contributed by atoms with Crippen LogP contribution >= 0.6 is 15.9 Å². The van der Waals surface area contributed by atoms with Crippen LogP contribution in [0.5, 0.6) is 0 Å². The van der Waals surface area contributed by atoms with Gasteiger partial charge >= 0.3 is 0 Å². The van der Waals surface area contributed by atoms with Crippen molar-refractivity contribution in [2.24, 2.45) is 0 Å². The van der Waals surface area contributed by atoms with Gasteiger partial charge in [0, 0.05) is 22.8 Å². The highest BCUT2D eigenvalue weighted by Gasteiger charge is 2.11. The highest BCUT2D eigenvalue weighted by molar-refractivity contribution is 9.10. The van der Waals surface area contributed by atoms with Gasteiger partial charge < -0.3 is 5.32 Å². The Bertz CT molecular complexity index is 482. The average Bonchev–Trinajstić information content (AvgIpc) is 2.40. The van der Waals surface area contributed by atoms with Gasteiger partial charge in [0.25, 0.3) is 0 Å². The molecule has 0 amide bonds. The summed E-state index contributed by atoms with van der Waals surface area (Å²) in [7, 11) is 0. The monoisotopic (exact) mass is 304 g/mol. The molecule has 0 aliphatic rings. The molecular weight excluding hydrogens is 288 g/mol. The second-order valence-electron chi connectivity index (χ2n) is 4.42. The Hall–Kier alpha value is -1.19. The molecular formula is C15H17BrN2. The van der Waals surface area contributed by atoms with Crippen molar-refractivity contribution in [3.63, 3.8) is 0 Å². The third kappa shape index (κ3) is 3.40. The largest absolute Gasteiger partial charge is 0.302 e. The summed E-state index contributed by atoms with van der Waals surface area (Å²) < 4.78 is 1.01. The van der Waals surface area contributed by atoms with E-state index in [0.717, 1.165) is 10.2 Å². The van der Waals surface area contributed by atoms with Gasteiger partial charge in [0.15, 0.2) is 0 Å². The molecule has 0 saturated heterocycles. The van der Waals surface area contributed by atoms with E-state index in [1.54, 1.807) is 0 Å². The second-order valence-corrected chi connectivity index (χ2v) is 5.34. The third-order valence-electron chi connectivity index (χ3n) is 2.99. The molecule has 2 rings (SSSR count). The second kappa shape index (κ2) is 6.12. The molecule has 0 unspecified atom stereocenters. The van der Waals surface area contributed by atoms with Crippen molar-refractivity contribution in [2.75, 3.05) is 0 Å². The number of nitrogens with zero attached hydrogens (tertiary/aromatic N) is 1. The zero-order chi connectivity index (χ0) is 13.0. The number of halogens is 1. The van der Waals surface area contributed by atoms with E-state index >= 15 is 0 Å². The molecule has 2 aromatic rings. The number of aromatic nitrogens is 1. The van der Waals surface area contributed by atoms with Crippen LogP contribution in [0.1, 0.15) is 37.2 Å². The van der Waals surface area contributed by atoms with Crippen LogP contribution in [0.4, 0.5) is 0 Å². The lowest BCUT2D eigenvalue weighted by Gasteiger charge is -2.20. The van der Waals surface area contributed by atoms with Crippen molar-refractivity contribution in [1.29, 1.82) is 0 Å². The minimum absolute atomic E-state index is 0.230. The van der Waals surface area contributed by atoms with Crippen LogP contribution in [0.2, 0.25) is 0 Å². The van der Waals surface area contributed by atoms with Crippen LogP contribution in [0.3, 0.4) is 0 Å². The van der Waals surface area contributed by atoms with Gasteiger partial charge in [-0.15, -0.1) is 0 Å². The quantitative estimate of drug-likeness (QED) is 0.913. The highest BCUT2D eigenvalue weighted by atomic mass is 79.9. The predicted octanol–water partition coefficient (Wildman–Crippen LogP) is 4.26. The molecule has 0 saturated carbocycles. The Kier molecular flexibility index (Phi) is 4.50. The van der Waals surface area contributed by atoms with E-state index in [0.29, 0.717) is 6.04 Å². The lowest BCUT2D eigenvalue weighted by atomic mass is 10.1. The number of rotatable bonds is 4. The lowest BCUT2D eigenvalue weighted by molar-refractivity contribution is 0.486. The molecule has 94 valence electrons. The highest BCUT2D eigenvalue weighted by Crippen LogP contribution is 2.18. The van der Waals surface area contributed by atoms with Crippen molar-refractivity contribution in [2.45, 2.75) is 25.9 Å². The Morgan fingerprint density at radius 1 is 1.00 bits per heavy atom.